The Morgan fingerprint density at radius 3 is 2.76 bits per heavy atom. The van der Waals surface area contributed by atoms with Crippen molar-refractivity contribution in [3.05, 3.63) is 58.9 Å². The highest BCUT2D eigenvalue weighted by Gasteiger charge is 2.05. The molecule has 0 N–H and O–H groups in total. The zero-order valence-electron chi connectivity index (χ0n) is 8.66. The van der Waals surface area contributed by atoms with Crippen LogP contribution in [0.25, 0.3) is 0 Å². The highest BCUT2D eigenvalue weighted by molar-refractivity contribution is 7.98. The molecule has 2 rings (SSSR count). The van der Waals surface area contributed by atoms with E-state index in [1.54, 1.807) is 18.2 Å². The van der Waals surface area contributed by atoms with Crippen LogP contribution < -0.4 is 0 Å². The second kappa shape index (κ2) is 5.47. The van der Waals surface area contributed by atoms with E-state index in [4.69, 9.17) is 11.6 Å². The lowest BCUT2D eigenvalue weighted by Crippen LogP contribution is -1.88. The fourth-order valence-electron chi connectivity index (χ4n) is 1.27. The van der Waals surface area contributed by atoms with Gasteiger partial charge in [0.1, 0.15) is 16.8 Å². The Bertz CT molecular complexity index is 534. The number of thioether (sulfide) groups is 1. The summed E-state index contributed by atoms with van der Waals surface area (Å²) in [6.45, 7) is 0. The molecular formula is C12H8ClF2NS. The number of aromatic nitrogens is 1. The van der Waals surface area contributed by atoms with E-state index in [1.807, 2.05) is 0 Å². The molecule has 1 aromatic carbocycles. The van der Waals surface area contributed by atoms with E-state index < -0.39 is 11.6 Å². The minimum absolute atomic E-state index is 0.270. The first-order valence-corrected chi connectivity index (χ1v) is 6.21. The molecule has 1 heterocycles. The average Bonchev–Trinajstić information content (AvgIpc) is 2.30. The molecule has 0 aliphatic carbocycles. The van der Waals surface area contributed by atoms with Gasteiger partial charge in [-0.3, -0.25) is 0 Å². The van der Waals surface area contributed by atoms with E-state index in [1.165, 1.54) is 17.8 Å². The van der Waals surface area contributed by atoms with E-state index in [9.17, 15) is 8.78 Å². The first-order chi connectivity index (χ1) is 8.15. The largest absolute Gasteiger partial charge is 0.240 e. The van der Waals surface area contributed by atoms with E-state index in [0.29, 0.717) is 10.9 Å². The van der Waals surface area contributed by atoms with Crippen molar-refractivity contribution in [2.24, 2.45) is 0 Å². The summed E-state index contributed by atoms with van der Waals surface area (Å²) in [5, 5.41) is 0.391. The van der Waals surface area contributed by atoms with E-state index in [0.717, 1.165) is 17.8 Å². The summed E-state index contributed by atoms with van der Waals surface area (Å²) in [7, 11) is 0. The van der Waals surface area contributed by atoms with Gasteiger partial charge in [0, 0.05) is 10.6 Å². The fraction of sp³-hybridized carbons (Fsp3) is 0.0833. The molecule has 1 aromatic heterocycles. The van der Waals surface area contributed by atoms with Crippen LogP contribution >= 0.6 is 23.4 Å². The van der Waals surface area contributed by atoms with Crippen LogP contribution in [0, 0.1) is 11.6 Å². The molecule has 17 heavy (non-hydrogen) atoms. The third-order valence-electron chi connectivity index (χ3n) is 2.04. The van der Waals surface area contributed by atoms with Crippen LogP contribution in [0.5, 0.6) is 0 Å². The Hall–Kier alpha value is -1.13. The van der Waals surface area contributed by atoms with Gasteiger partial charge in [0.15, 0.2) is 0 Å². The molecule has 0 amide bonds. The standard InChI is InChI=1S/C12H8ClF2NS/c13-12-3-1-2-9(16-12)7-17-11-6-8(14)4-5-10(11)15/h1-6H,7H2. The van der Waals surface area contributed by atoms with E-state index >= 15 is 0 Å². The van der Waals surface area contributed by atoms with Gasteiger partial charge in [0.2, 0.25) is 0 Å². The van der Waals surface area contributed by atoms with E-state index in [2.05, 4.69) is 4.98 Å². The second-order valence-corrected chi connectivity index (χ2v) is 4.72. The monoisotopic (exact) mass is 271 g/mol. The smallest absolute Gasteiger partial charge is 0.136 e. The van der Waals surface area contributed by atoms with Gasteiger partial charge in [0.05, 0.1) is 5.69 Å². The zero-order chi connectivity index (χ0) is 12.3. The number of pyridine rings is 1. The molecule has 5 heteroatoms. The number of halogens is 3. The molecule has 0 bridgehead atoms. The van der Waals surface area contributed by atoms with Crippen LogP contribution in [0.2, 0.25) is 5.15 Å². The molecule has 0 saturated heterocycles. The third kappa shape index (κ3) is 3.41. The lowest BCUT2D eigenvalue weighted by atomic mass is 10.3. The Kier molecular flexibility index (Phi) is 3.97. The van der Waals surface area contributed by atoms with Crippen molar-refractivity contribution in [1.29, 1.82) is 0 Å². The van der Waals surface area contributed by atoms with Crippen LogP contribution in [0.1, 0.15) is 5.69 Å². The van der Waals surface area contributed by atoms with Gasteiger partial charge in [-0.25, -0.2) is 13.8 Å². The van der Waals surface area contributed by atoms with Crippen molar-refractivity contribution in [1.82, 2.24) is 4.98 Å². The van der Waals surface area contributed by atoms with Crippen LogP contribution in [0.15, 0.2) is 41.3 Å². The molecule has 0 aliphatic heterocycles. The van der Waals surface area contributed by atoms with Gasteiger partial charge >= 0.3 is 0 Å². The molecule has 0 fully saturated rings. The molecule has 1 nitrogen and oxygen atoms in total. The quantitative estimate of drug-likeness (QED) is 0.610. The molecule has 0 atom stereocenters. The molecule has 0 spiro atoms. The minimum Gasteiger partial charge on any atom is -0.240 e. The molecule has 88 valence electrons. The van der Waals surface area contributed by atoms with Crippen molar-refractivity contribution in [3.63, 3.8) is 0 Å². The van der Waals surface area contributed by atoms with Gasteiger partial charge in [-0.15, -0.1) is 11.8 Å². The number of hydrogen-bond donors (Lipinski definition) is 0. The van der Waals surface area contributed by atoms with Gasteiger partial charge in [-0.05, 0) is 30.3 Å². The lowest BCUT2D eigenvalue weighted by Gasteiger charge is -2.03. The molecular weight excluding hydrogens is 264 g/mol. The van der Waals surface area contributed by atoms with Crippen molar-refractivity contribution in [2.75, 3.05) is 0 Å². The van der Waals surface area contributed by atoms with Crippen LogP contribution in [0.4, 0.5) is 8.78 Å². The third-order valence-corrected chi connectivity index (χ3v) is 3.32. The van der Waals surface area contributed by atoms with Crippen molar-refractivity contribution >= 4 is 23.4 Å². The van der Waals surface area contributed by atoms with Gasteiger partial charge in [-0.1, -0.05) is 17.7 Å². The average molecular weight is 272 g/mol. The predicted molar refractivity (Wildman–Crippen MR) is 65.2 cm³/mol. The zero-order valence-corrected chi connectivity index (χ0v) is 10.2. The molecule has 0 unspecified atom stereocenters. The van der Waals surface area contributed by atoms with Gasteiger partial charge in [-0.2, -0.15) is 0 Å². The summed E-state index contributed by atoms with van der Waals surface area (Å²) < 4.78 is 26.2. The maximum Gasteiger partial charge on any atom is 0.136 e. The fourth-order valence-corrected chi connectivity index (χ4v) is 2.32. The van der Waals surface area contributed by atoms with Crippen molar-refractivity contribution < 1.29 is 8.78 Å². The Labute approximate surface area is 107 Å². The highest BCUT2D eigenvalue weighted by Crippen LogP contribution is 2.25. The lowest BCUT2D eigenvalue weighted by molar-refractivity contribution is 0.577. The topological polar surface area (TPSA) is 12.9 Å². The summed E-state index contributed by atoms with van der Waals surface area (Å²) in [5.74, 6) is -0.438. The van der Waals surface area contributed by atoms with Crippen LogP contribution in [-0.4, -0.2) is 4.98 Å². The normalized spacial score (nSPS) is 10.5. The Balaban J connectivity index is 2.09. The maximum atomic E-state index is 13.3. The molecule has 0 aliphatic rings. The van der Waals surface area contributed by atoms with Gasteiger partial charge < -0.3 is 0 Å². The second-order valence-electron chi connectivity index (χ2n) is 3.32. The van der Waals surface area contributed by atoms with Crippen LogP contribution in [-0.2, 0) is 5.75 Å². The Morgan fingerprint density at radius 2 is 2.00 bits per heavy atom. The van der Waals surface area contributed by atoms with Crippen molar-refractivity contribution in [3.8, 4) is 0 Å². The number of benzene rings is 1. The SMILES string of the molecule is Fc1ccc(F)c(SCc2cccc(Cl)n2)c1. The number of nitrogens with zero attached hydrogens (tertiary/aromatic N) is 1. The summed E-state index contributed by atoms with van der Waals surface area (Å²) in [4.78, 5) is 4.34. The first kappa shape index (κ1) is 12.3. The predicted octanol–water partition coefficient (Wildman–Crippen LogP) is 4.31. The summed E-state index contributed by atoms with van der Waals surface area (Å²) in [6.07, 6.45) is 0. The molecule has 0 saturated carbocycles. The maximum absolute atomic E-state index is 13.3. The summed E-state index contributed by atoms with van der Waals surface area (Å²) in [5.41, 5.74) is 0.728. The van der Waals surface area contributed by atoms with Crippen LogP contribution in [0.3, 0.4) is 0 Å². The van der Waals surface area contributed by atoms with Crippen molar-refractivity contribution in [2.45, 2.75) is 10.6 Å². The van der Waals surface area contributed by atoms with Gasteiger partial charge in [0.25, 0.3) is 0 Å². The summed E-state index contributed by atoms with van der Waals surface area (Å²) >= 11 is 6.92. The first-order valence-electron chi connectivity index (χ1n) is 4.84. The highest BCUT2D eigenvalue weighted by atomic mass is 35.5. The van der Waals surface area contributed by atoms with E-state index in [-0.39, 0.29) is 4.90 Å². The number of hydrogen-bond acceptors (Lipinski definition) is 2. The minimum atomic E-state index is -0.451. The number of rotatable bonds is 3. The molecule has 2 aromatic rings. The summed E-state index contributed by atoms with van der Waals surface area (Å²) in [6, 6.07) is 8.60. The molecule has 0 radical (unpaired) electrons. The Morgan fingerprint density at radius 1 is 1.18 bits per heavy atom.